The maximum absolute atomic E-state index is 12.3. The molecular formula is C36H46N2O9. The minimum absolute atomic E-state index is 0.0178. The number of anilines is 1. The zero-order valence-electron chi connectivity index (χ0n) is 27.2. The molecule has 0 spiro atoms. The van der Waals surface area contributed by atoms with Crippen molar-refractivity contribution in [3.8, 4) is 11.5 Å². The lowest BCUT2D eigenvalue weighted by atomic mass is 9.84. The maximum Gasteiger partial charge on any atom is 0.407 e. The molecular weight excluding hydrogens is 604 g/mol. The maximum atomic E-state index is 12.3. The highest BCUT2D eigenvalue weighted by Gasteiger charge is 2.41. The fourth-order valence-electron chi connectivity index (χ4n) is 6.11. The van der Waals surface area contributed by atoms with E-state index in [1.165, 1.54) is 4.90 Å². The number of methoxy groups -OCH3 is 2. The Morgan fingerprint density at radius 1 is 0.936 bits per heavy atom. The van der Waals surface area contributed by atoms with Crippen LogP contribution in [0.15, 0.2) is 72.8 Å². The number of aliphatic hydroxyl groups excluding tert-OH is 1. The fourth-order valence-corrected chi connectivity index (χ4v) is 6.11. The first-order chi connectivity index (χ1) is 22.9. The molecule has 0 aliphatic carbocycles. The predicted molar refractivity (Wildman–Crippen MR) is 176 cm³/mol. The Morgan fingerprint density at radius 3 is 2.43 bits per heavy atom. The summed E-state index contributed by atoms with van der Waals surface area (Å²) in [6.45, 7) is 3.97. The summed E-state index contributed by atoms with van der Waals surface area (Å²) in [5.74, 6) is 1.24. The number of carbonyl (C=O) groups is 1. The lowest BCUT2D eigenvalue weighted by Crippen LogP contribution is -2.54. The number of nitrogens with zero attached hydrogens (tertiary/aromatic N) is 2. The van der Waals surface area contributed by atoms with Crippen LogP contribution in [-0.4, -0.2) is 106 Å². The lowest BCUT2D eigenvalue weighted by molar-refractivity contribution is -0.110. The summed E-state index contributed by atoms with van der Waals surface area (Å²) in [7, 11) is 3.32. The Morgan fingerprint density at radius 2 is 1.70 bits per heavy atom. The number of hydrogen-bond donors (Lipinski definition) is 2. The Bertz CT molecular complexity index is 1390. The van der Waals surface area contributed by atoms with Crippen LogP contribution in [0.1, 0.15) is 29.0 Å². The van der Waals surface area contributed by atoms with Crippen LogP contribution in [0.3, 0.4) is 0 Å². The molecule has 5 rings (SSSR count). The summed E-state index contributed by atoms with van der Waals surface area (Å²) in [6, 6.07) is 23.4. The second kappa shape index (κ2) is 17.3. The number of rotatable bonds is 16. The molecule has 47 heavy (non-hydrogen) atoms. The SMILES string of the molecule is COCCCN1CCOc2ccc(CO[C@H]3CN(C(=O)O)C[C@@H](OC[C@@H](O)COCc4ccccc4)[C@@H]3c3ccc(OC)cc3)cc21. The summed E-state index contributed by atoms with van der Waals surface area (Å²) in [4.78, 5) is 15.9. The van der Waals surface area contributed by atoms with Gasteiger partial charge < -0.3 is 48.4 Å². The Balaban J connectivity index is 1.30. The molecule has 11 heteroatoms. The molecule has 0 saturated carbocycles. The number of likely N-dealkylation sites (tertiary alicyclic amines) is 1. The molecule has 0 unspecified atom stereocenters. The average molecular weight is 651 g/mol. The van der Waals surface area contributed by atoms with E-state index in [0.717, 1.165) is 47.6 Å². The number of amides is 1. The third kappa shape index (κ3) is 9.59. The van der Waals surface area contributed by atoms with E-state index in [2.05, 4.69) is 11.0 Å². The molecule has 2 aliphatic heterocycles. The van der Waals surface area contributed by atoms with Crippen LogP contribution in [-0.2, 0) is 32.2 Å². The van der Waals surface area contributed by atoms with Crippen molar-refractivity contribution in [3.05, 3.63) is 89.5 Å². The second-order valence-corrected chi connectivity index (χ2v) is 11.8. The molecule has 0 aromatic heterocycles. The topological polar surface area (TPSA) is 119 Å². The van der Waals surface area contributed by atoms with Gasteiger partial charge in [0.2, 0.25) is 0 Å². The molecule has 254 valence electrons. The van der Waals surface area contributed by atoms with Crippen LogP contribution in [0.2, 0.25) is 0 Å². The number of fused-ring (bicyclic) bond motifs is 1. The predicted octanol–water partition coefficient (Wildman–Crippen LogP) is 4.56. The van der Waals surface area contributed by atoms with Crippen molar-refractivity contribution in [2.45, 2.75) is 43.9 Å². The molecule has 0 radical (unpaired) electrons. The van der Waals surface area contributed by atoms with Crippen molar-refractivity contribution >= 4 is 11.8 Å². The van der Waals surface area contributed by atoms with Gasteiger partial charge in [0.1, 0.15) is 24.2 Å². The van der Waals surface area contributed by atoms with Crippen LogP contribution in [0.25, 0.3) is 0 Å². The number of aliphatic hydroxyl groups is 1. The first-order valence-corrected chi connectivity index (χ1v) is 16.1. The van der Waals surface area contributed by atoms with E-state index >= 15 is 0 Å². The van der Waals surface area contributed by atoms with Crippen molar-refractivity contribution in [2.24, 2.45) is 0 Å². The van der Waals surface area contributed by atoms with Gasteiger partial charge in [0.05, 0.1) is 71.1 Å². The molecule has 2 heterocycles. The Labute approximate surface area is 276 Å². The average Bonchev–Trinajstić information content (AvgIpc) is 3.10. The smallest absolute Gasteiger partial charge is 0.407 e. The lowest BCUT2D eigenvalue weighted by Gasteiger charge is -2.43. The van der Waals surface area contributed by atoms with Crippen molar-refractivity contribution in [2.75, 3.05) is 71.7 Å². The molecule has 3 aromatic carbocycles. The van der Waals surface area contributed by atoms with Gasteiger partial charge in [-0.2, -0.15) is 0 Å². The van der Waals surface area contributed by atoms with Gasteiger partial charge in [0, 0.05) is 26.2 Å². The highest BCUT2D eigenvalue weighted by molar-refractivity contribution is 5.65. The van der Waals surface area contributed by atoms with Gasteiger partial charge in [-0.25, -0.2) is 4.79 Å². The van der Waals surface area contributed by atoms with E-state index < -0.39 is 24.4 Å². The van der Waals surface area contributed by atoms with E-state index in [4.69, 9.17) is 28.4 Å². The summed E-state index contributed by atoms with van der Waals surface area (Å²) in [5.41, 5.74) is 3.91. The molecule has 1 fully saturated rings. The van der Waals surface area contributed by atoms with Gasteiger partial charge in [-0.3, -0.25) is 0 Å². The molecule has 4 atom stereocenters. The standard InChI is InChI=1S/C36H46N2O9/c1-42-17-6-15-37-16-18-45-32-14-9-27(19-31(32)37)23-46-33-20-38(36(40)41)21-34(35(33)28-10-12-30(43-2)13-11-28)47-25-29(39)24-44-22-26-7-4-3-5-8-26/h3-5,7-14,19,29,33-35,39H,6,15-18,20-25H2,1-2H3,(H,40,41)/t29-,33-,34+,35+/m0/s1. The quantitative estimate of drug-likeness (QED) is 0.214. The number of ether oxygens (including phenoxy) is 6. The van der Waals surface area contributed by atoms with Crippen molar-refractivity contribution in [1.29, 1.82) is 0 Å². The number of carboxylic acid groups (broad SMARTS) is 1. The van der Waals surface area contributed by atoms with Gasteiger partial charge in [0.15, 0.2) is 0 Å². The van der Waals surface area contributed by atoms with Crippen molar-refractivity contribution in [3.63, 3.8) is 0 Å². The molecule has 1 saturated heterocycles. The number of piperidine rings is 1. The normalized spacial score (nSPS) is 19.9. The Kier molecular flexibility index (Phi) is 12.7. The van der Waals surface area contributed by atoms with Gasteiger partial charge in [-0.1, -0.05) is 48.5 Å². The minimum Gasteiger partial charge on any atom is -0.497 e. The largest absolute Gasteiger partial charge is 0.497 e. The molecule has 3 aromatic rings. The van der Waals surface area contributed by atoms with Gasteiger partial charge >= 0.3 is 6.09 Å². The zero-order chi connectivity index (χ0) is 33.0. The van der Waals surface area contributed by atoms with E-state index in [1.807, 2.05) is 66.7 Å². The van der Waals surface area contributed by atoms with Crippen molar-refractivity contribution < 1.29 is 43.4 Å². The number of hydrogen-bond acceptors (Lipinski definition) is 9. The van der Waals surface area contributed by atoms with Crippen LogP contribution >= 0.6 is 0 Å². The second-order valence-electron chi connectivity index (χ2n) is 11.8. The molecule has 2 N–H and O–H groups in total. The van der Waals surface area contributed by atoms with E-state index in [9.17, 15) is 15.0 Å². The first-order valence-electron chi connectivity index (χ1n) is 16.1. The third-order valence-corrected chi connectivity index (χ3v) is 8.52. The molecule has 0 bridgehead atoms. The van der Waals surface area contributed by atoms with Crippen LogP contribution in [0.4, 0.5) is 10.5 Å². The highest BCUT2D eigenvalue weighted by Crippen LogP contribution is 2.36. The van der Waals surface area contributed by atoms with E-state index in [1.54, 1.807) is 14.2 Å². The third-order valence-electron chi connectivity index (χ3n) is 8.52. The van der Waals surface area contributed by atoms with Gasteiger partial charge in [0.25, 0.3) is 0 Å². The van der Waals surface area contributed by atoms with Crippen LogP contribution in [0, 0.1) is 0 Å². The van der Waals surface area contributed by atoms with Gasteiger partial charge in [-0.05, 0) is 47.4 Å². The summed E-state index contributed by atoms with van der Waals surface area (Å²) in [6.07, 6.45) is -2.13. The highest BCUT2D eigenvalue weighted by atomic mass is 16.5. The van der Waals surface area contributed by atoms with Crippen LogP contribution in [0.5, 0.6) is 11.5 Å². The van der Waals surface area contributed by atoms with Gasteiger partial charge in [-0.15, -0.1) is 0 Å². The monoisotopic (exact) mass is 650 g/mol. The van der Waals surface area contributed by atoms with Crippen molar-refractivity contribution in [1.82, 2.24) is 4.90 Å². The summed E-state index contributed by atoms with van der Waals surface area (Å²) in [5, 5.41) is 20.8. The number of benzene rings is 3. The fraction of sp³-hybridized carbons (Fsp3) is 0.472. The molecule has 2 aliphatic rings. The first kappa shape index (κ1) is 34.5. The summed E-state index contributed by atoms with van der Waals surface area (Å²) < 4.78 is 35.1. The minimum atomic E-state index is -1.05. The van der Waals surface area contributed by atoms with Crippen LogP contribution < -0.4 is 14.4 Å². The van der Waals surface area contributed by atoms with E-state index in [0.29, 0.717) is 25.6 Å². The Hall–Kier alpha value is -3.87. The molecule has 1 amide bonds. The summed E-state index contributed by atoms with van der Waals surface area (Å²) >= 11 is 0. The molecule has 11 nitrogen and oxygen atoms in total. The zero-order valence-corrected chi connectivity index (χ0v) is 27.2. The van der Waals surface area contributed by atoms with E-state index in [-0.39, 0.29) is 38.8 Å².